The first-order valence-corrected chi connectivity index (χ1v) is 6.58. The predicted molar refractivity (Wildman–Crippen MR) is 70.8 cm³/mol. The first-order chi connectivity index (χ1) is 7.67. The molecule has 0 aliphatic heterocycles. The highest BCUT2D eigenvalue weighted by Crippen LogP contribution is 2.48. The summed E-state index contributed by atoms with van der Waals surface area (Å²) in [5, 5.41) is 10.5. The van der Waals surface area contributed by atoms with Crippen molar-refractivity contribution in [2.75, 3.05) is 0 Å². The van der Waals surface area contributed by atoms with Gasteiger partial charge in [-0.25, -0.2) is 0 Å². The summed E-state index contributed by atoms with van der Waals surface area (Å²) >= 11 is 0. The summed E-state index contributed by atoms with van der Waals surface area (Å²) in [7, 11) is 0. The molecule has 1 saturated carbocycles. The molecule has 2 atom stereocenters. The number of allylic oxidation sites excluding steroid dienone is 1. The van der Waals surface area contributed by atoms with E-state index in [0.29, 0.717) is 12.0 Å². The van der Waals surface area contributed by atoms with E-state index < -0.39 is 5.60 Å². The Kier molecular flexibility index (Phi) is 4.19. The van der Waals surface area contributed by atoms with Crippen LogP contribution in [0.1, 0.15) is 59.8 Å². The van der Waals surface area contributed by atoms with Crippen molar-refractivity contribution in [2.45, 2.75) is 65.4 Å². The lowest BCUT2D eigenvalue weighted by Crippen LogP contribution is -2.47. The molecule has 0 heterocycles. The number of ketones is 1. The van der Waals surface area contributed by atoms with Crippen LogP contribution in [-0.4, -0.2) is 16.5 Å². The van der Waals surface area contributed by atoms with Crippen LogP contribution in [0.5, 0.6) is 0 Å². The second kappa shape index (κ2) is 4.93. The average Bonchev–Trinajstić information content (AvgIpc) is 2.14. The van der Waals surface area contributed by atoms with E-state index in [4.69, 9.17) is 0 Å². The van der Waals surface area contributed by atoms with Gasteiger partial charge in [-0.05, 0) is 56.4 Å². The summed E-state index contributed by atoms with van der Waals surface area (Å²) < 4.78 is 0. The molecule has 2 heteroatoms. The molecule has 0 aromatic rings. The molecule has 0 unspecified atom stereocenters. The van der Waals surface area contributed by atoms with Gasteiger partial charge in [-0.1, -0.05) is 26.8 Å². The van der Waals surface area contributed by atoms with Gasteiger partial charge in [0, 0.05) is 0 Å². The summed E-state index contributed by atoms with van der Waals surface area (Å²) in [6, 6.07) is 0. The number of carbonyl (C=O) groups is 1. The van der Waals surface area contributed by atoms with Crippen LogP contribution in [0.4, 0.5) is 0 Å². The topological polar surface area (TPSA) is 37.3 Å². The van der Waals surface area contributed by atoms with Crippen LogP contribution in [-0.2, 0) is 4.79 Å². The zero-order valence-corrected chi connectivity index (χ0v) is 11.7. The Morgan fingerprint density at radius 1 is 1.35 bits per heavy atom. The standard InChI is InChI=1S/C15H26O2/c1-11(12(2)16)7-8-13-14(3,4)9-6-10-15(13,5)17/h13,17H,1,6-10H2,2-5H3/t13-,15-/m1/s1. The molecule has 1 N–H and O–H groups in total. The third kappa shape index (κ3) is 3.41. The predicted octanol–water partition coefficient (Wildman–Crippen LogP) is 3.49. The molecule has 1 rings (SSSR count). The number of hydrogen-bond acceptors (Lipinski definition) is 2. The SMILES string of the molecule is C=C(CC[C@@H]1C(C)(C)CCC[C@@]1(C)O)C(C)=O. The van der Waals surface area contributed by atoms with Crippen molar-refractivity contribution < 1.29 is 9.90 Å². The Balaban J connectivity index is 2.71. The monoisotopic (exact) mass is 238 g/mol. The molecule has 0 bridgehead atoms. The number of Topliss-reactive ketones (excluding diaryl/α,β-unsaturated/α-hetero) is 1. The van der Waals surface area contributed by atoms with E-state index in [1.807, 2.05) is 6.92 Å². The number of aliphatic hydroxyl groups is 1. The largest absolute Gasteiger partial charge is 0.390 e. The summed E-state index contributed by atoms with van der Waals surface area (Å²) in [5.74, 6) is 0.318. The molecule has 0 aromatic carbocycles. The summed E-state index contributed by atoms with van der Waals surface area (Å²) in [6.07, 6.45) is 4.68. The molecule has 0 saturated heterocycles. The first-order valence-electron chi connectivity index (χ1n) is 6.58. The molecule has 1 aliphatic rings. The number of carbonyl (C=O) groups excluding carboxylic acids is 1. The van der Waals surface area contributed by atoms with Crippen LogP contribution < -0.4 is 0 Å². The van der Waals surface area contributed by atoms with Crippen LogP contribution in [0.25, 0.3) is 0 Å². The van der Waals surface area contributed by atoms with Crippen LogP contribution in [0.2, 0.25) is 0 Å². The zero-order chi connectivity index (χ0) is 13.3. The zero-order valence-electron chi connectivity index (χ0n) is 11.7. The molecule has 1 fully saturated rings. The van der Waals surface area contributed by atoms with Gasteiger partial charge >= 0.3 is 0 Å². The van der Waals surface area contributed by atoms with Crippen LogP contribution >= 0.6 is 0 Å². The van der Waals surface area contributed by atoms with Gasteiger partial charge in [-0.3, -0.25) is 4.79 Å². The molecule has 2 nitrogen and oxygen atoms in total. The Morgan fingerprint density at radius 3 is 2.41 bits per heavy atom. The highest BCUT2D eigenvalue weighted by atomic mass is 16.3. The van der Waals surface area contributed by atoms with Crippen LogP contribution in [0.15, 0.2) is 12.2 Å². The van der Waals surface area contributed by atoms with Crippen LogP contribution in [0, 0.1) is 11.3 Å². The molecule has 0 aromatic heterocycles. The van der Waals surface area contributed by atoms with Gasteiger partial charge in [0.15, 0.2) is 5.78 Å². The molecular formula is C15H26O2. The Bertz CT molecular complexity index is 297. The van der Waals surface area contributed by atoms with Gasteiger partial charge in [0.2, 0.25) is 0 Å². The van der Waals surface area contributed by atoms with Crippen molar-refractivity contribution in [3.05, 3.63) is 12.2 Å². The van der Waals surface area contributed by atoms with E-state index in [-0.39, 0.29) is 17.1 Å². The maximum atomic E-state index is 11.2. The van der Waals surface area contributed by atoms with Gasteiger partial charge in [0.1, 0.15) is 0 Å². The highest BCUT2D eigenvalue weighted by molar-refractivity contribution is 5.92. The fraction of sp³-hybridized carbons (Fsp3) is 0.800. The normalized spacial score (nSPS) is 32.2. The second-order valence-corrected chi connectivity index (χ2v) is 6.45. The fourth-order valence-corrected chi connectivity index (χ4v) is 3.29. The van der Waals surface area contributed by atoms with E-state index in [1.165, 1.54) is 0 Å². The van der Waals surface area contributed by atoms with Crippen molar-refractivity contribution in [3.8, 4) is 0 Å². The van der Waals surface area contributed by atoms with E-state index >= 15 is 0 Å². The molecule has 0 amide bonds. The highest BCUT2D eigenvalue weighted by Gasteiger charge is 2.44. The maximum absolute atomic E-state index is 11.2. The van der Waals surface area contributed by atoms with Crippen molar-refractivity contribution >= 4 is 5.78 Å². The van der Waals surface area contributed by atoms with Crippen LogP contribution in [0.3, 0.4) is 0 Å². The Labute approximate surface area is 105 Å². The molecule has 0 spiro atoms. The minimum atomic E-state index is -0.598. The smallest absolute Gasteiger partial charge is 0.155 e. The van der Waals surface area contributed by atoms with Gasteiger partial charge in [-0.15, -0.1) is 0 Å². The number of hydrogen-bond donors (Lipinski definition) is 1. The molecule has 0 radical (unpaired) electrons. The minimum Gasteiger partial charge on any atom is -0.390 e. The molecule has 17 heavy (non-hydrogen) atoms. The van der Waals surface area contributed by atoms with Crippen molar-refractivity contribution in [1.82, 2.24) is 0 Å². The van der Waals surface area contributed by atoms with Crippen molar-refractivity contribution in [3.63, 3.8) is 0 Å². The van der Waals surface area contributed by atoms with Crippen molar-refractivity contribution in [2.24, 2.45) is 11.3 Å². The average molecular weight is 238 g/mol. The Hall–Kier alpha value is -0.630. The summed E-state index contributed by atoms with van der Waals surface area (Å²) in [4.78, 5) is 11.2. The quantitative estimate of drug-likeness (QED) is 0.761. The van der Waals surface area contributed by atoms with Gasteiger partial charge in [0.25, 0.3) is 0 Å². The van der Waals surface area contributed by atoms with E-state index in [1.54, 1.807) is 6.92 Å². The van der Waals surface area contributed by atoms with Crippen molar-refractivity contribution in [1.29, 1.82) is 0 Å². The van der Waals surface area contributed by atoms with E-state index in [0.717, 1.165) is 25.7 Å². The third-order valence-corrected chi connectivity index (χ3v) is 4.43. The summed E-state index contributed by atoms with van der Waals surface area (Å²) in [6.45, 7) is 11.8. The Morgan fingerprint density at radius 2 is 1.94 bits per heavy atom. The third-order valence-electron chi connectivity index (χ3n) is 4.43. The first kappa shape index (κ1) is 14.4. The van der Waals surface area contributed by atoms with Gasteiger partial charge in [0.05, 0.1) is 5.60 Å². The van der Waals surface area contributed by atoms with Gasteiger partial charge < -0.3 is 5.11 Å². The minimum absolute atomic E-state index is 0.0678. The van der Waals surface area contributed by atoms with E-state index in [9.17, 15) is 9.90 Å². The lowest BCUT2D eigenvalue weighted by Gasteiger charge is -2.48. The fourth-order valence-electron chi connectivity index (χ4n) is 3.29. The molecule has 1 aliphatic carbocycles. The molecular weight excluding hydrogens is 212 g/mol. The van der Waals surface area contributed by atoms with Gasteiger partial charge in [-0.2, -0.15) is 0 Å². The summed E-state index contributed by atoms with van der Waals surface area (Å²) in [5.41, 5.74) is 0.236. The number of rotatable bonds is 4. The second-order valence-electron chi connectivity index (χ2n) is 6.45. The lowest BCUT2D eigenvalue weighted by molar-refractivity contribution is -0.114. The molecule has 98 valence electrons. The van der Waals surface area contributed by atoms with E-state index in [2.05, 4.69) is 20.4 Å². The maximum Gasteiger partial charge on any atom is 0.155 e. The lowest BCUT2D eigenvalue weighted by atomic mass is 9.60.